The lowest BCUT2D eigenvalue weighted by Gasteiger charge is -2.16. The topological polar surface area (TPSA) is 64.9 Å². The van der Waals surface area contributed by atoms with Crippen molar-refractivity contribution in [2.75, 3.05) is 5.32 Å². The van der Waals surface area contributed by atoms with Crippen LogP contribution in [0.15, 0.2) is 24.3 Å². The lowest BCUT2D eigenvalue weighted by molar-refractivity contribution is 0.0941. The van der Waals surface area contributed by atoms with Crippen molar-refractivity contribution in [2.24, 2.45) is 0 Å². The molecule has 0 saturated carbocycles. The second kappa shape index (κ2) is 6.65. The molecule has 4 nitrogen and oxygen atoms in total. The van der Waals surface area contributed by atoms with Crippen molar-refractivity contribution in [3.05, 3.63) is 29.8 Å². The lowest BCUT2D eigenvalue weighted by atomic mass is 10.1. The van der Waals surface area contributed by atoms with Crippen molar-refractivity contribution >= 4 is 11.6 Å². The van der Waals surface area contributed by atoms with Crippen molar-refractivity contribution in [3.8, 4) is 6.07 Å². The molecule has 0 heterocycles. The summed E-state index contributed by atoms with van der Waals surface area (Å²) in [6, 6.07) is 9.53. The third kappa shape index (κ3) is 4.10. The number of benzene rings is 1. The number of carbonyl (C=O) groups is 1. The first kappa shape index (κ1) is 14.0. The SMILES string of the molecule is CC(C)Nc1ccccc1C(=O)NC(C)CC#N. The summed E-state index contributed by atoms with van der Waals surface area (Å²) < 4.78 is 0. The van der Waals surface area contributed by atoms with Crippen LogP contribution < -0.4 is 10.6 Å². The van der Waals surface area contributed by atoms with Crippen LogP contribution in [0.5, 0.6) is 0 Å². The van der Waals surface area contributed by atoms with Gasteiger partial charge in [0.1, 0.15) is 0 Å². The average Bonchev–Trinajstić information content (AvgIpc) is 2.28. The van der Waals surface area contributed by atoms with Gasteiger partial charge in [0.05, 0.1) is 18.1 Å². The largest absolute Gasteiger partial charge is 0.382 e. The summed E-state index contributed by atoms with van der Waals surface area (Å²) in [4.78, 5) is 12.1. The van der Waals surface area contributed by atoms with Gasteiger partial charge in [0.15, 0.2) is 0 Å². The molecular weight excluding hydrogens is 226 g/mol. The van der Waals surface area contributed by atoms with Crippen LogP contribution in [-0.2, 0) is 0 Å². The Bertz CT molecular complexity index is 449. The van der Waals surface area contributed by atoms with Crippen molar-refractivity contribution in [2.45, 2.75) is 39.3 Å². The van der Waals surface area contributed by atoms with E-state index in [9.17, 15) is 4.79 Å². The third-order valence-corrected chi connectivity index (χ3v) is 2.39. The zero-order valence-corrected chi connectivity index (χ0v) is 11.0. The van der Waals surface area contributed by atoms with Crippen molar-refractivity contribution in [3.63, 3.8) is 0 Å². The van der Waals surface area contributed by atoms with E-state index in [1.807, 2.05) is 45.0 Å². The van der Waals surface area contributed by atoms with E-state index in [1.165, 1.54) is 0 Å². The minimum atomic E-state index is -0.151. The Balaban J connectivity index is 2.82. The minimum absolute atomic E-state index is 0.144. The third-order valence-electron chi connectivity index (χ3n) is 2.39. The molecule has 1 aromatic carbocycles. The molecule has 0 aromatic heterocycles. The Kier molecular flexibility index (Phi) is 5.19. The summed E-state index contributed by atoms with van der Waals surface area (Å²) in [6.45, 7) is 5.86. The molecule has 96 valence electrons. The highest BCUT2D eigenvalue weighted by molar-refractivity contribution is 5.99. The first-order valence-corrected chi connectivity index (χ1v) is 6.08. The molecule has 0 fully saturated rings. The van der Waals surface area contributed by atoms with E-state index >= 15 is 0 Å². The first-order valence-electron chi connectivity index (χ1n) is 6.08. The summed E-state index contributed by atoms with van der Waals surface area (Å²) in [5, 5.41) is 14.6. The summed E-state index contributed by atoms with van der Waals surface area (Å²) in [7, 11) is 0. The van der Waals surface area contributed by atoms with Gasteiger partial charge < -0.3 is 10.6 Å². The molecule has 0 aliphatic carbocycles. The van der Waals surface area contributed by atoms with Crippen LogP contribution >= 0.6 is 0 Å². The van der Waals surface area contributed by atoms with Crippen LogP contribution in [0.1, 0.15) is 37.6 Å². The number of nitrogens with zero attached hydrogens (tertiary/aromatic N) is 1. The van der Waals surface area contributed by atoms with Gasteiger partial charge in [0.2, 0.25) is 0 Å². The fraction of sp³-hybridized carbons (Fsp3) is 0.429. The van der Waals surface area contributed by atoms with Crippen LogP contribution in [0.4, 0.5) is 5.69 Å². The summed E-state index contributed by atoms with van der Waals surface area (Å²) in [5.41, 5.74) is 1.42. The number of anilines is 1. The maximum atomic E-state index is 12.1. The van der Waals surface area contributed by atoms with Crippen LogP contribution in [0.2, 0.25) is 0 Å². The van der Waals surface area contributed by atoms with Gasteiger partial charge in [-0.1, -0.05) is 12.1 Å². The molecule has 1 atom stereocenters. The molecule has 0 spiro atoms. The minimum Gasteiger partial charge on any atom is -0.382 e. The molecule has 0 saturated heterocycles. The standard InChI is InChI=1S/C14H19N3O/c1-10(2)16-13-7-5-4-6-12(13)14(18)17-11(3)8-9-15/h4-7,10-11,16H,8H2,1-3H3,(H,17,18). The van der Waals surface area contributed by atoms with E-state index in [1.54, 1.807) is 6.07 Å². The Hall–Kier alpha value is -2.02. The van der Waals surface area contributed by atoms with E-state index in [2.05, 4.69) is 10.6 Å². The molecule has 0 aliphatic heterocycles. The molecule has 1 aromatic rings. The fourth-order valence-electron chi connectivity index (χ4n) is 1.61. The molecule has 1 unspecified atom stereocenters. The van der Waals surface area contributed by atoms with Gasteiger partial charge in [-0.2, -0.15) is 5.26 Å². The second-order valence-corrected chi connectivity index (χ2v) is 4.58. The smallest absolute Gasteiger partial charge is 0.253 e. The average molecular weight is 245 g/mol. The molecule has 2 N–H and O–H groups in total. The van der Waals surface area contributed by atoms with Crippen molar-refractivity contribution in [1.29, 1.82) is 5.26 Å². The Morgan fingerprint density at radius 3 is 2.61 bits per heavy atom. The van der Waals surface area contributed by atoms with Gasteiger partial charge in [-0.15, -0.1) is 0 Å². The molecule has 0 bridgehead atoms. The van der Waals surface area contributed by atoms with Crippen LogP contribution in [-0.4, -0.2) is 18.0 Å². The normalized spacial score (nSPS) is 11.7. The zero-order valence-electron chi connectivity index (χ0n) is 11.0. The maximum Gasteiger partial charge on any atom is 0.253 e. The fourth-order valence-corrected chi connectivity index (χ4v) is 1.61. The quantitative estimate of drug-likeness (QED) is 0.837. The predicted molar refractivity (Wildman–Crippen MR) is 72.4 cm³/mol. The van der Waals surface area contributed by atoms with Gasteiger partial charge in [-0.05, 0) is 32.9 Å². The van der Waals surface area contributed by atoms with Gasteiger partial charge >= 0.3 is 0 Å². The monoisotopic (exact) mass is 245 g/mol. The van der Waals surface area contributed by atoms with E-state index in [0.717, 1.165) is 5.69 Å². The molecule has 4 heteroatoms. The molecule has 0 aliphatic rings. The molecule has 0 radical (unpaired) electrons. The highest BCUT2D eigenvalue weighted by atomic mass is 16.1. The number of nitrogens with one attached hydrogen (secondary N) is 2. The number of hydrogen-bond acceptors (Lipinski definition) is 3. The summed E-state index contributed by atoms with van der Waals surface area (Å²) in [6.07, 6.45) is 0.311. The van der Waals surface area contributed by atoms with Crippen LogP contribution in [0.3, 0.4) is 0 Å². The lowest BCUT2D eigenvalue weighted by Crippen LogP contribution is -2.32. The number of rotatable bonds is 5. The predicted octanol–water partition coefficient (Wildman–Crippen LogP) is 2.54. The summed E-state index contributed by atoms with van der Waals surface area (Å²) in [5.74, 6) is -0.151. The number of amides is 1. The number of hydrogen-bond donors (Lipinski definition) is 2. The highest BCUT2D eigenvalue weighted by Gasteiger charge is 2.13. The van der Waals surface area contributed by atoms with Crippen LogP contribution in [0.25, 0.3) is 0 Å². The summed E-state index contributed by atoms with van der Waals surface area (Å²) >= 11 is 0. The van der Waals surface area contributed by atoms with Gasteiger partial charge in [-0.25, -0.2) is 0 Å². The second-order valence-electron chi connectivity index (χ2n) is 4.58. The molecule has 18 heavy (non-hydrogen) atoms. The number of para-hydroxylation sites is 1. The molecule has 1 amide bonds. The number of nitriles is 1. The van der Waals surface area contributed by atoms with Gasteiger partial charge in [-0.3, -0.25) is 4.79 Å². The maximum absolute atomic E-state index is 12.1. The van der Waals surface area contributed by atoms with E-state index in [0.29, 0.717) is 12.0 Å². The van der Waals surface area contributed by atoms with Gasteiger partial charge in [0.25, 0.3) is 5.91 Å². The first-order chi connectivity index (χ1) is 8.54. The molecular formula is C14H19N3O. The number of carbonyl (C=O) groups excluding carboxylic acids is 1. The Morgan fingerprint density at radius 1 is 1.33 bits per heavy atom. The van der Waals surface area contributed by atoms with Gasteiger partial charge in [0, 0.05) is 17.8 Å². The van der Waals surface area contributed by atoms with E-state index in [-0.39, 0.29) is 18.0 Å². The highest BCUT2D eigenvalue weighted by Crippen LogP contribution is 2.16. The van der Waals surface area contributed by atoms with E-state index < -0.39 is 0 Å². The zero-order chi connectivity index (χ0) is 13.5. The Labute approximate surface area is 108 Å². The van der Waals surface area contributed by atoms with E-state index in [4.69, 9.17) is 5.26 Å². The van der Waals surface area contributed by atoms with Crippen molar-refractivity contribution in [1.82, 2.24) is 5.32 Å². The molecule has 1 rings (SSSR count). The van der Waals surface area contributed by atoms with Crippen molar-refractivity contribution < 1.29 is 4.79 Å². The Morgan fingerprint density at radius 2 is 2.00 bits per heavy atom. The van der Waals surface area contributed by atoms with Crippen LogP contribution in [0, 0.1) is 11.3 Å².